The number of methoxy groups -OCH3 is 1. The Hall–Kier alpha value is -1.98. The van der Waals surface area contributed by atoms with Gasteiger partial charge in [0.15, 0.2) is 0 Å². The van der Waals surface area contributed by atoms with Crippen LogP contribution in [0.2, 0.25) is 0 Å². The number of likely N-dealkylation sites (N-methyl/N-ethyl adjacent to an activating group) is 1. The first-order valence-corrected chi connectivity index (χ1v) is 8.75. The highest BCUT2D eigenvalue weighted by atomic mass is 16.5. The molecule has 2 aromatic rings. The summed E-state index contributed by atoms with van der Waals surface area (Å²) in [7, 11) is 3.25. The number of amides is 1. The van der Waals surface area contributed by atoms with Gasteiger partial charge in [-0.1, -0.05) is 11.6 Å². The fraction of sp³-hybridized carbons (Fsp3) is 0.500. The Balaban J connectivity index is 2.02. The number of aliphatic hydroxyl groups is 1. The Morgan fingerprint density at radius 2 is 2.08 bits per heavy atom. The van der Waals surface area contributed by atoms with Gasteiger partial charge in [0.25, 0.3) is 5.91 Å². The van der Waals surface area contributed by atoms with Gasteiger partial charge in [0.2, 0.25) is 0 Å². The largest absolute Gasteiger partial charge is 0.389 e. The van der Waals surface area contributed by atoms with E-state index >= 15 is 0 Å². The highest BCUT2D eigenvalue weighted by molar-refractivity contribution is 6.07. The summed E-state index contributed by atoms with van der Waals surface area (Å²) in [6, 6.07) is 6.07. The molecule has 0 saturated heterocycles. The van der Waals surface area contributed by atoms with E-state index in [1.54, 1.807) is 11.9 Å². The van der Waals surface area contributed by atoms with Crippen molar-refractivity contribution in [3.05, 3.63) is 40.6 Å². The molecule has 1 heterocycles. The summed E-state index contributed by atoms with van der Waals surface area (Å²) in [5.74, 6) is 0.385. The van der Waals surface area contributed by atoms with Gasteiger partial charge in [0.1, 0.15) is 0 Å². The summed E-state index contributed by atoms with van der Waals surface area (Å²) >= 11 is 0. The molecule has 5 nitrogen and oxygen atoms in total. The highest BCUT2D eigenvalue weighted by Crippen LogP contribution is 2.40. The van der Waals surface area contributed by atoms with E-state index in [1.165, 1.54) is 7.11 Å². The number of fused-ring (bicyclic) bond motifs is 1. The maximum atomic E-state index is 13.1. The molecule has 1 atom stereocenters. The number of carbonyl (C=O) groups excluding carboxylic acids is 1. The van der Waals surface area contributed by atoms with Crippen LogP contribution in [0.25, 0.3) is 10.9 Å². The van der Waals surface area contributed by atoms with Crippen molar-refractivity contribution in [3.8, 4) is 0 Å². The minimum absolute atomic E-state index is 0.0885. The first-order chi connectivity index (χ1) is 11.9. The first-order valence-electron chi connectivity index (χ1n) is 8.75. The lowest BCUT2D eigenvalue weighted by Gasteiger charge is -2.22. The lowest BCUT2D eigenvalue weighted by atomic mass is 10.00. The predicted octanol–water partition coefficient (Wildman–Crippen LogP) is 2.81. The molecule has 1 aromatic heterocycles. The number of hydrogen-bond acceptors (Lipinski definition) is 4. The van der Waals surface area contributed by atoms with Gasteiger partial charge in [0, 0.05) is 37.7 Å². The molecule has 1 aliphatic carbocycles. The normalized spacial score (nSPS) is 15.4. The van der Waals surface area contributed by atoms with Crippen LogP contribution in [0.5, 0.6) is 0 Å². The number of pyridine rings is 1. The Bertz CT molecular complexity index is 799. The minimum Gasteiger partial charge on any atom is -0.389 e. The molecular formula is C20H26N2O3. The smallest absolute Gasteiger partial charge is 0.254 e. The van der Waals surface area contributed by atoms with Crippen molar-refractivity contribution in [1.82, 2.24) is 9.88 Å². The number of aromatic nitrogens is 1. The lowest BCUT2D eigenvalue weighted by molar-refractivity contribution is 0.0381. The SMILES string of the molecule is COCC(O)CN(C)C(=O)c1cc(C2CC2)nc2c(C)cc(C)cc12. The zero-order chi connectivity index (χ0) is 18.1. The number of benzene rings is 1. The summed E-state index contributed by atoms with van der Waals surface area (Å²) < 4.78 is 4.95. The van der Waals surface area contributed by atoms with Crippen LogP contribution < -0.4 is 0 Å². The molecule has 1 aromatic carbocycles. The number of hydrogen-bond donors (Lipinski definition) is 1. The molecule has 1 amide bonds. The van der Waals surface area contributed by atoms with Crippen LogP contribution in [-0.2, 0) is 4.74 Å². The fourth-order valence-corrected chi connectivity index (χ4v) is 3.32. The molecule has 1 aliphatic rings. The Morgan fingerprint density at radius 3 is 2.72 bits per heavy atom. The van der Waals surface area contributed by atoms with E-state index in [-0.39, 0.29) is 19.1 Å². The molecule has 134 valence electrons. The van der Waals surface area contributed by atoms with Gasteiger partial charge in [0.05, 0.1) is 23.8 Å². The van der Waals surface area contributed by atoms with E-state index in [2.05, 4.69) is 6.07 Å². The van der Waals surface area contributed by atoms with Gasteiger partial charge in [-0.15, -0.1) is 0 Å². The highest BCUT2D eigenvalue weighted by Gasteiger charge is 2.28. The molecule has 0 spiro atoms. The molecule has 25 heavy (non-hydrogen) atoms. The molecule has 3 rings (SSSR count). The van der Waals surface area contributed by atoms with E-state index in [1.807, 2.05) is 26.0 Å². The quantitative estimate of drug-likeness (QED) is 0.877. The van der Waals surface area contributed by atoms with Gasteiger partial charge in [-0.2, -0.15) is 0 Å². The molecule has 0 aliphatic heterocycles. The predicted molar refractivity (Wildman–Crippen MR) is 98.0 cm³/mol. The number of carbonyl (C=O) groups is 1. The van der Waals surface area contributed by atoms with Crippen molar-refractivity contribution in [2.45, 2.75) is 38.7 Å². The van der Waals surface area contributed by atoms with Crippen LogP contribution in [0.1, 0.15) is 45.9 Å². The second-order valence-electron chi connectivity index (χ2n) is 7.14. The first kappa shape index (κ1) is 17.8. The van der Waals surface area contributed by atoms with Gasteiger partial charge in [-0.05, 0) is 44.4 Å². The van der Waals surface area contributed by atoms with Crippen molar-refractivity contribution in [3.63, 3.8) is 0 Å². The maximum Gasteiger partial charge on any atom is 0.254 e. The van der Waals surface area contributed by atoms with E-state index in [9.17, 15) is 9.90 Å². The third-order valence-corrected chi connectivity index (χ3v) is 4.68. The van der Waals surface area contributed by atoms with Crippen LogP contribution in [0.3, 0.4) is 0 Å². The number of aliphatic hydroxyl groups excluding tert-OH is 1. The molecule has 1 N–H and O–H groups in total. The topological polar surface area (TPSA) is 62.7 Å². The van der Waals surface area contributed by atoms with Crippen LogP contribution in [-0.4, -0.2) is 54.3 Å². The molecule has 1 unspecified atom stereocenters. The molecule has 1 saturated carbocycles. The van der Waals surface area contributed by atoms with Crippen molar-refractivity contribution < 1.29 is 14.6 Å². The molecule has 0 radical (unpaired) electrons. The Labute approximate surface area is 148 Å². The van der Waals surface area contributed by atoms with E-state index < -0.39 is 6.10 Å². The second kappa shape index (κ2) is 7.10. The number of nitrogens with zero attached hydrogens (tertiary/aromatic N) is 2. The summed E-state index contributed by atoms with van der Waals surface area (Å²) in [6.07, 6.45) is 1.58. The summed E-state index contributed by atoms with van der Waals surface area (Å²) in [5.41, 5.74) is 4.79. The van der Waals surface area contributed by atoms with Crippen LogP contribution >= 0.6 is 0 Å². The van der Waals surface area contributed by atoms with Crippen molar-refractivity contribution in [2.24, 2.45) is 0 Å². The monoisotopic (exact) mass is 342 g/mol. The summed E-state index contributed by atoms with van der Waals surface area (Å²) in [6.45, 7) is 4.52. The molecular weight excluding hydrogens is 316 g/mol. The average Bonchev–Trinajstić information content (AvgIpc) is 3.38. The van der Waals surface area contributed by atoms with Crippen LogP contribution in [0, 0.1) is 13.8 Å². The van der Waals surface area contributed by atoms with Gasteiger partial charge in [-0.3, -0.25) is 9.78 Å². The molecule has 5 heteroatoms. The van der Waals surface area contributed by atoms with Crippen molar-refractivity contribution in [1.29, 1.82) is 0 Å². The van der Waals surface area contributed by atoms with Crippen LogP contribution in [0.4, 0.5) is 0 Å². The minimum atomic E-state index is -0.696. The number of aryl methyl sites for hydroxylation is 2. The van der Waals surface area contributed by atoms with Gasteiger partial charge in [-0.25, -0.2) is 0 Å². The molecule has 0 bridgehead atoms. The van der Waals surface area contributed by atoms with Crippen molar-refractivity contribution >= 4 is 16.8 Å². The van der Waals surface area contributed by atoms with Gasteiger partial charge < -0.3 is 14.7 Å². The fourth-order valence-electron chi connectivity index (χ4n) is 3.32. The van der Waals surface area contributed by atoms with Crippen LogP contribution in [0.15, 0.2) is 18.2 Å². The third kappa shape index (κ3) is 3.83. The molecule has 1 fully saturated rings. The maximum absolute atomic E-state index is 13.1. The Kier molecular flexibility index (Phi) is 5.06. The van der Waals surface area contributed by atoms with E-state index in [0.29, 0.717) is 11.5 Å². The van der Waals surface area contributed by atoms with E-state index in [4.69, 9.17) is 9.72 Å². The number of rotatable bonds is 6. The Morgan fingerprint density at radius 1 is 1.36 bits per heavy atom. The summed E-state index contributed by atoms with van der Waals surface area (Å²) in [5, 5.41) is 10.8. The van der Waals surface area contributed by atoms with Crippen molar-refractivity contribution in [2.75, 3.05) is 27.3 Å². The third-order valence-electron chi connectivity index (χ3n) is 4.68. The zero-order valence-electron chi connectivity index (χ0n) is 15.4. The van der Waals surface area contributed by atoms with Gasteiger partial charge >= 0.3 is 0 Å². The zero-order valence-corrected chi connectivity index (χ0v) is 15.4. The number of ether oxygens (including phenoxy) is 1. The standard InChI is InChI=1S/C20H26N2O3/c1-12-7-13(2)19-16(8-12)17(9-18(21-19)14-5-6-14)20(24)22(3)10-15(23)11-25-4/h7-9,14-15,23H,5-6,10-11H2,1-4H3. The lowest BCUT2D eigenvalue weighted by Crippen LogP contribution is -2.36. The van der Waals surface area contributed by atoms with E-state index in [0.717, 1.165) is 40.6 Å². The average molecular weight is 342 g/mol. The second-order valence-corrected chi connectivity index (χ2v) is 7.14. The summed E-state index contributed by atoms with van der Waals surface area (Å²) in [4.78, 5) is 19.5.